The highest BCUT2D eigenvalue weighted by molar-refractivity contribution is 7.23. The van der Waals surface area contributed by atoms with E-state index in [0.29, 0.717) is 42.1 Å². The maximum absolute atomic E-state index is 15.6. The Labute approximate surface area is 248 Å². The van der Waals surface area contributed by atoms with Gasteiger partial charge in [0.1, 0.15) is 23.5 Å². The second-order valence-corrected chi connectivity index (χ2v) is 13.1. The van der Waals surface area contributed by atoms with Gasteiger partial charge in [-0.2, -0.15) is 0 Å². The van der Waals surface area contributed by atoms with E-state index in [0.717, 1.165) is 78.5 Å². The number of piperidine rings is 1. The Hall–Kier alpha value is -3.08. The molecule has 3 aliphatic rings. The number of benzene rings is 2. The van der Waals surface area contributed by atoms with Crippen LogP contribution in [0.3, 0.4) is 0 Å². The van der Waals surface area contributed by atoms with Crippen LogP contribution < -0.4 is 16.0 Å². The summed E-state index contributed by atoms with van der Waals surface area (Å²) in [6.45, 7) is 4.84. The Morgan fingerprint density at radius 2 is 1.95 bits per heavy atom. The Balaban J connectivity index is 1.11. The van der Waals surface area contributed by atoms with Gasteiger partial charge in [0.25, 0.3) is 5.91 Å². The number of fused-ring (bicyclic) bond motifs is 3. The van der Waals surface area contributed by atoms with Gasteiger partial charge >= 0.3 is 0 Å². The molecule has 3 N–H and O–H groups in total. The molecule has 7 rings (SSSR count). The maximum atomic E-state index is 15.6. The molecule has 10 heteroatoms. The highest BCUT2D eigenvalue weighted by atomic mass is 32.1. The molecule has 2 saturated heterocycles. The molecule has 1 atom stereocenters. The van der Waals surface area contributed by atoms with Gasteiger partial charge in [0.05, 0.1) is 10.2 Å². The van der Waals surface area contributed by atoms with Gasteiger partial charge in [-0.15, -0.1) is 0 Å². The van der Waals surface area contributed by atoms with E-state index in [4.69, 9.17) is 4.98 Å². The van der Waals surface area contributed by atoms with Crippen molar-refractivity contribution in [3.05, 3.63) is 53.3 Å². The molecule has 2 aliphatic heterocycles. The van der Waals surface area contributed by atoms with E-state index in [1.807, 2.05) is 30.3 Å². The molecule has 2 aromatic heterocycles. The van der Waals surface area contributed by atoms with Gasteiger partial charge in [-0.3, -0.25) is 9.20 Å². The maximum Gasteiger partial charge on any atom is 0.251 e. The number of hydrogen-bond acceptors (Lipinski definition) is 6. The number of carbonyl (C=O) groups is 1. The second kappa shape index (κ2) is 11.9. The lowest BCUT2D eigenvalue weighted by molar-refractivity contribution is 0.0950. The smallest absolute Gasteiger partial charge is 0.251 e. The van der Waals surface area contributed by atoms with Gasteiger partial charge in [-0.05, 0) is 99.8 Å². The first kappa shape index (κ1) is 27.7. The molecule has 1 aliphatic carbocycles. The molecule has 7 nitrogen and oxygen atoms in total. The van der Waals surface area contributed by atoms with Crippen LogP contribution in [-0.4, -0.2) is 65.6 Å². The first-order chi connectivity index (χ1) is 20.5. The van der Waals surface area contributed by atoms with Gasteiger partial charge in [-0.25, -0.2) is 13.8 Å². The summed E-state index contributed by atoms with van der Waals surface area (Å²) in [6, 6.07) is 11.5. The Bertz CT molecular complexity index is 1580. The van der Waals surface area contributed by atoms with Crippen molar-refractivity contribution in [2.24, 2.45) is 5.92 Å². The monoisotopic (exact) mass is 592 g/mol. The largest absolute Gasteiger partial charge is 0.369 e. The molecule has 0 radical (unpaired) electrons. The van der Waals surface area contributed by atoms with Crippen molar-refractivity contribution in [1.82, 2.24) is 24.9 Å². The van der Waals surface area contributed by atoms with Crippen molar-refractivity contribution in [2.75, 3.05) is 44.6 Å². The summed E-state index contributed by atoms with van der Waals surface area (Å²) in [5.41, 5.74) is 3.68. The van der Waals surface area contributed by atoms with Crippen molar-refractivity contribution in [1.29, 1.82) is 0 Å². The van der Waals surface area contributed by atoms with Crippen LogP contribution in [0.5, 0.6) is 0 Å². The number of carbonyl (C=O) groups excluding carboxylic acids is 1. The zero-order chi connectivity index (χ0) is 28.6. The summed E-state index contributed by atoms with van der Waals surface area (Å²) in [7, 11) is 0. The predicted octanol–water partition coefficient (Wildman–Crippen LogP) is 6.16. The number of halogens is 2. The third-order valence-electron chi connectivity index (χ3n) is 8.93. The van der Waals surface area contributed by atoms with Crippen molar-refractivity contribution in [2.45, 2.75) is 57.2 Å². The summed E-state index contributed by atoms with van der Waals surface area (Å²) in [5.74, 6) is 1.09. The summed E-state index contributed by atoms with van der Waals surface area (Å²) in [5, 5.41) is 10.1. The molecule has 0 unspecified atom stereocenters. The minimum absolute atomic E-state index is 0.0999. The number of alkyl halides is 1. The van der Waals surface area contributed by atoms with Crippen LogP contribution in [-0.2, 0) is 0 Å². The van der Waals surface area contributed by atoms with Crippen LogP contribution in [0.15, 0.2) is 36.4 Å². The van der Waals surface area contributed by atoms with Gasteiger partial charge in [-0.1, -0.05) is 17.4 Å². The van der Waals surface area contributed by atoms with Crippen LogP contribution >= 0.6 is 11.3 Å². The van der Waals surface area contributed by atoms with E-state index in [1.54, 1.807) is 6.07 Å². The summed E-state index contributed by atoms with van der Waals surface area (Å²) >= 11 is 1.51. The fraction of sp³-hybridized carbons (Fsp3) is 0.500. The third kappa shape index (κ3) is 5.76. The van der Waals surface area contributed by atoms with Crippen molar-refractivity contribution < 1.29 is 13.6 Å². The normalized spacial score (nSPS) is 20.1. The number of aromatic nitrogens is 2. The molecule has 1 amide bonds. The lowest BCUT2D eigenvalue weighted by Gasteiger charge is -2.28. The SMILES string of the molecule is O=C(NCCCN1CCC(F)CC1)c1ccc2c(c1)sc1nc(-c3ccc([C@@H]4CCCN4)cc3F)c(NCC3CC3)n12. The number of nitrogens with zero attached hydrogens (tertiary/aromatic N) is 3. The third-order valence-corrected chi connectivity index (χ3v) is 9.93. The first-order valence-corrected chi connectivity index (χ1v) is 16.2. The number of imidazole rings is 1. The quantitative estimate of drug-likeness (QED) is 0.193. The number of rotatable bonds is 10. The number of amides is 1. The fourth-order valence-corrected chi connectivity index (χ4v) is 7.33. The summed E-state index contributed by atoms with van der Waals surface area (Å²) in [6.07, 6.45) is 5.94. The van der Waals surface area contributed by atoms with Crippen LogP contribution in [0.25, 0.3) is 26.4 Å². The minimum atomic E-state index is -0.667. The average Bonchev–Trinajstić information content (AvgIpc) is 3.37. The number of thiazole rings is 1. The van der Waals surface area contributed by atoms with E-state index in [2.05, 4.69) is 25.3 Å². The lowest BCUT2D eigenvalue weighted by atomic mass is 10.0. The molecule has 3 fully saturated rings. The summed E-state index contributed by atoms with van der Waals surface area (Å²) in [4.78, 5) is 20.9. The first-order valence-electron chi connectivity index (χ1n) is 15.4. The number of anilines is 1. The molecule has 0 bridgehead atoms. The molecule has 222 valence electrons. The zero-order valence-corrected chi connectivity index (χ0v) is 24.6. The standard InChI is InChI=1S/C32H38F2N6OS/c33-23-10-15-39(16-11-23)14-2-13-36-31(41)22-7-9-27-28(18-22)42-32-38-29(30(40(27)32)37-19-20-4-5-20)24-8-6-21(17-25(24)34)26-3-1-12-35-26/h6-9,17-18,20,23,26,35,37H,1-5,10-16,19H2,(H,36,41)/t26-/m0/s1. The van der Waals surface area contributed by atoms with Crippen LogP contribution in [0.4, 0.5) is 14.6 Å². The molecule has 2 aromatic carbocycles. The number of nitrogens with one attached hydrogen (secondary N) is 3. The van der Waals surface area contributed by atoms with Gasteiger partial charge in [0.15, 0.2) is 4.96 Å². The summed E-state index contributed by atoms with van der Waals surface area (Å²) < 4.78 is 32.0. The van der Waals surface area contributed by atoms with E-state index < -0.39 is 6.17 Å². The molecule has 0 spiro atoms. The van der Waals surface area contributed by atoms with E-state index >= 15 is 4.39 Å². The predicted molar refractivity (Wildman–Crippen MR) is 165 cm³/mol. The molecular weight excluding hydrogens is 554 g/mol. The average molecular weight is 593 g/mol. The van der Waals surface area contributed by atoms with Gasteiger partial charge in [0, 0.05) is 43.3 Å². The van der Waals surface area contributed by atoms with Crippen molar-refractivity contribution in [3.63, 3.8) is 0 Å². The van der Waals surface area contributed by atoms with Gasteiger partial charge < -0.3 is 20.9 Å². The molecule has 4 heterocycles. The fourth-order valence-electron chi connectivity index (χ4n) is 6.27. The highest BCUT2D eigenvalue weighted by Crippen LogP contribution is 2.39. The van der Waals surface area contributed by atoms with Crippen LogP contribution in [0, 0.1) is 11.7 Å². The highest BCUT2D eigenvalue weighted by Gasteiger charge is 2.26. The van der Waals surface area contributed by atoms with Crippen LogP contribution in [0.2, 0.25) is 0 Å². The number of likely N-dealkylation sites (tertiary alicyclic amines) is 1. The molecule has 1 saturated carbocycles. The molecular formula is C32H38F2N6OS. The molecule has 4 aromatic rings. The Kier molecular flexibility index (Phi) is 7.85. The minimum Gasteiger partial charge on any atom is -0.369 e. The topological polar surface area (TPSA) is 73.7 Å². The van der Waals surface area contributed by atoms with Crippen molar-refractivity contribution in [3.8, 4) is 11.3 Å². The van der Waals surface area contributed by atoms with Gasteiger partial charge in [0.2, 0.25) is 0 Å². The van der Waals surface area contributed by atoms with Crippen LogP contribution in [0.1, 0.15) is 66.9 Å². The van der Waals surface area contributed by atoms with E-state index in [-0.39, 0.29) is 17.8 Å². The number of hydrogen-bond donors (Lipinski definition) is 3. The zero-order valence-electron chi connectivity index (χ0n) is 23.8. The van der Waals surface area contributed by atoms with Crippen molar-refractivity contribution >= 4 is 38.2 Å². The Morgan fingerprint density at radius 1 is 1.10 bits per heavy atom. The Morgan fingerprint density at radius 3 is 2.71 bits per heavy atom. The lowest BCUT2D eigenvalue weighted by Crippen LogP contribution is -2.36. The molecule has 42 heavy (non-hydrogen) atoms. The van der Waals surface area contributed by atoms with E-state index in [9.17, 15) is 9.18 Å². The second-order valence-electron chi connectivity index (χ2n) is 12.0. The van der Waals surface area contributed by atoms with E-state index in [1.165, 1.54) is 24.2 Å².